The normalized spacial score (nSPS) is 11.1. The number of fused-ring (bicyclic) bond motifs is 1. The summed E-state index contributed by atoms with van der Waals surface area (Å²) in [5, 5.41) is 2.42. The molecule has 0 bridgehead atoms. The first-order chi connectivity index (χ1) is 13.9. The third-order valence-corrected chi connectivity index (χ3v) is 5.55. The summed E-state index contributed by atoms with van der Waals surface area (Å²) in [6.45, 7) is 0. The average molecular weight is 446 g/mol. The molecule has 1 heterocycles. The summed E-state index contributed by atoms with van der Waals surface area (Å²) in [7, 11) is 3.24. The van der Waals surface area contributed by atoms with Gasteiger partial charge in [0.2, 0.25) is 0 Å². The van der Waals surface area contributed by atoms with Crippen LogP contribution in [-0.2, 0) is 7.05 Å². The fourth-order valence-electron chi connectivity index (χ4n) is 3.31. The number of methoxy groups -OCH3 is 1. The Morgan fingerprint density at radius 1 is 0.931 bits per heavy atom. The number of aryl methyl sites for hydroxylation is 1. The van der Waals surface area contributed by atoms with E-state index in [1.165, 1.54) is 4.57 Å². The van der Waals surface area contributed by atoms with E-state index in [2.05, 4.69) is 4.98 Å². The van der Waals surface area contributed by atoms with Crippen molar-refractivity contribution in [3.63, 3.8) is 0 Å². The molecule has 0 N–H and O–H groups in total. The summed E-state index contributed by atoms with van der Waals surface area (Å²) in [6, 6.07) is 16.2. The van der Waals surface area contributed by atoms with Crippen molar-refractivity contribution >= 4 is 45.7 Å². The maximum Gasteiger partial charge on any atom is 0.348 e. The van der Waals surface area contributed by atoms with Crippen LogP contribution in [0.4, 0.5) is 0 Å². The first-order valence-corrected chi connectivity index (χ1v) is 9.82. The zero-order valence-electron chi connectivity index (χ0n) is 15.5. The number of benzene rings is 3. The van der Waals surface area contributed by atoms with Gasteiger partial charge in [-0.25, -0.2) is 4.79 Å². The Bertz CT molecular complexity index is 1320. The molecule has 0 atom stereocenters. The molecule has 4 nitrogen and oxygen atoms in total. The fraction of sp³-hybridized carbons (Fsp3) is 0.0909. The highest BCUT2D eigenvalue weighted by atomic mass is 35.5. The second kappa shape index (κ2) is 7.71. The van der Waals surface area contributed by atoms with Gasteiger partial charge in [0.15, 0.2) is 0 Å². The number of rotatable bonds is 3. The Hall–Kier alpha value is -2.53. The molecule has 0 unspecified atom stereocenters. The summed E-state index contributed by atoms with van der Waals surface area (Å²) in [6.07, 6.45) is 0. The van der Waals surface area contributed by atoms with E-state index in [-0.39, 0.29) is 5.69 Å². The van der Waals surface area contributed by atoms with E-state index < -0.39 is 0 Å². The maximum atomic E-state index is 12.5. The van der Waals surface area contributed by atoms with Crippen LogP contribution in [-0.4, -0.2) is 16.7 Å². The van der Waals surface area contributed by atoms with E-state index in [0.29, 0.717) is 32.0 Å². The van der Waals surface area contributed by atoms with E-state index >= 15 is 0 Å². The molecule has 4 aromatic rings. The molecular formula is C22H15Cl3N2O2. The second-order valence-corrected chi connectivity index (χ2v) is 7.79. The van der Waals surface area contributed by atoms with Gasteiger partial charge in [-0.15, -0.1) is 0 Å². The number of hydrogen-bond acceptors (Lipinski definition) is 3. The van der Waals surface area contributed by atoms with Gasteiger partial charge in [-0.1, -0.05) is 46.9 Å². The monoisotopic (exact) mass is 444 g/mol. The average Bonchev–Trinajstić information content (AvgIpc) is 2.71. The minimum absolute atomic E-state index is 0.372. The minimum Gasteiger partial charge on any atom is -0.496 e. The first kappa shape index (κ1) is 19.8. The van der Waals surface area contributed by atoms with Crippen molar-refractivity contribution in [3.05, 3.63) is 80.1 Å². The molecule has 0 aliphatic heterocycles. The summed E-state index contributed by atoms with van der Waals surface area (Å²) in [5.74, 6) is 0.569. The first-order valence-electron chi connectivity index (χ1n) is 8.69. The second-order valence-electron chi connectivity index (χ2n) is 6.51. The molecule has 146 valence electrons. The van der Waals surface area contributed by atoms with E-state index in [1.807, 2.05) is 18.2 Å². The van der Waals surface area contributed by atoms with Crippen LogP contribution in [0, 0.1) is 0 Å². The zero-order chi connectivity index (χ0) is 20.7. The summed E-state index contributed by atoms with van der Waals surface area (Å²) < 4.78 is 7.09. The molecule has 1 aromatic heterocycles. The van der Waals surface area contributed by atoms with Crippen LogP contribution in [0.1, 0.15) is 0 Å². The maximum absolute atomic E-state index is 12.5. The highest BCUT2D eigenvalue weighted by Crippen LogP contribution is 2.40. The molecule has 0 saturated heterocycles. The SMILES string of the molecule is COc1cc2c(cc1-c1cc(Cl)ccc1Cl)c(-c1cccc(Cl)c1)nc(=O)n2C. The van der Waals surface area contributed by atoms with Crippen molar-refractivity contribution < 1.29 is 4.74 Å². The lowest BCUT2D eigenvalue weighted by Crippen LogP contribution is -2.21. The van der Waals surface area contributed by atoms with Crippen molar-refractivity contribution in [3.8, 4) is 28.1 Å². The predicted octanol–water partition coefficient (Wildman–Crippen LogP) is 6.24. The van der Waals surface area contributed by atoms with Crippen molar-refractivity contribution in [2.45, 2.75) is 0 Å². The Kier molecular flexibility index (Phi) is 5.26. The van der Waals surface area contributed by atoms with Crippen molar-refractivity contribution in [2.24, 2.45) is 7.05 Å². The molecule has 7 heteroatoms. The van der Waals surface area contributed by atoms with E-state index in [0.717, 1.165) is 22.1 Å². The number of hydrogen-bond donors (Lipinski definition) is 0. The lowest BCUT2D eigenvalue weighted by molar-refractivity contribution is 0.417. The Balaban J connectivity index is 2.12. The molecule has 4 rings (SSSR count). The Morgan fingerprint density at radius 3 is 2.41 bits per heavy atom. The summed E-state index contributed by atoms with van der Waals surface area (Å²) >= 11 is 18.8. The van der Waals surface area contributed by atoms with Gasteiger partial charge in [0.1, 0.15) is 5.75 Å². The quantitative estimate of drug-likeness (QED) is 0.375. The van der Waals surface area contributed by atoms with Crippen LogP contribution in [0.5, 0.6) is 5.75 Å². The molecule has 29 heavy (non-hydrogen) atoms. The number of nitrogens with zero attached hydrogens (tertiary/aromatic N) is 2. The fourth-order valence-corrected chi connectivity index (χ4v) is 3.89. The molecule has 0 aliphatic carbocycles. The van der Waals surface area contributed by atoms with E-state index in [1.54, 1.807) is 50.6 Å². The predicted molar refractivity (Wildman–Crippen MR) is 119 cm³/mol. The highest BCUT2D eigenvalue weighted by Gasteiger charge is 2.17. The van der Waals surface area contributed by atoms with Gasteiger partial charge in [0.25, 0.3) is 0 Å². The molecule has 0 aliphatic rings. The summed E-state index contributed by atoms with van der Waals surface area (Å²) in [5.41, 5.74) is 3.06. The Morgan fingerprint density at radius 2 is 1.69 bits per heavy atom. The van der Waals surface area contributed by atoms with Gasteiger partial charge in [-0.3, -0.25) is 4.57 Å². The van der Waals surface area contributed by atoms with Crippen LogP contribution >= 0.6 is 34.8 Å². The van der Waals surface area contributed by atoms with Gasteiger partial charge in [-0.2, -0.15) is 4.98 Å². The third kappa shape index (κ3) is 3.60. The lowest BCUT2D eigenvalue weighted by atomic mass is 9.99. The van der Waals surface area contributed by atoms with Gasteiger partial charge in [0, 0.05) is 50.3 Å². The topological polar surface area (TPSA) is 44.1 Å². The molecular weight excluding hydrogens is 431 g/mol. The number of halogens is 3. The number of ether oxygens (including phenoxy) is 1. The van der Waals surface area contributed by atoms with Crippen molar-refractivity contribution in [1.82, 2.24) is 9.55 Å². The standard InChI is InChI=1S/C22H15Cl3N2O2/c1-27-19-11-20(29-2)16(15-9-14(24)6-7-18(15)25)10-17(19)21(26-22(27)28)12-4-3-5-13(23)8-12/h3-11H,1-2H3. The molecule has 0 fully saturated rings. The molecule has 0 spiro atoms. The number of aromatic nitrogens is 2. The third-order valence-electron chi connectivity index (χ3n) is 4.75. The van der Waals surface area contributed by atoms with Gasteiger partial charge < -0.3 is 4.74 Å². The van der Waals surface area contributed by atoms with Crippen LogP contribution in [0.3, 0.4) is 0 Å². The van der Waals surface area contributed by atoms with Crippen LogP contribution in [0.2, 0.25) is 15.1 Å². The van der Waals surface area contributed by atoms with Crippen LogP contribution in [0.25, 0.3) is 33.3 Å². The summed E-state index contributed by atoms with van der Waals surface area (Å²) in [4.78, 5) is 16.8. The van der Waals surface area contributed by atoms with Gasteiger partial charge >= 0.3 is 5.69 Å². The lowest BCUT2D eigenvalue weighted by Gasteiger charge is -2.16. The van der Waals surface area contributed by atoms with Crippen molar-refractivity contribution in [1.29, 1.82) is 0 Å². The van der Waals surface area contributed by atoms with Gasteiger partial charge in [0.05, 0.1) is 18.3 Å². The zero-order valence-corrected chi connectivity index (χ0v) is 17.8. The smallest absolute Gasteiger partial charge is 0.348 e. The van der Waals surface area contributed by atoms with Gasteiger partial charge in [-0.05, 0) is 36.4 Å². The molecule has 3 aromatic carbocycles. The highest BCUT2D eigenvalue weighted by molar-refractivity contribution is 6.35. The van der Waals surface area contributed by atoms with Crippen molar-refractivity contribution in [2.75, 3.05) is 7.11 Å². The molecule has 0 radical (unpaired) electrons. The van der Waals surface area contributed by atoms with E-state index in [9.17, 15) is 4.79 Å². The molecule has 0 saturated carbocycles. The van der Waals surface area contributed by atoms with E-state index in [4.69, 9.17) is 39.5 Å². The van der Waals surface area contributed by atoms with Crippen LogP contribution in [0.15, 0.2) is 59.4 Å². The molecule has 0 amide bonds. The Labute approximate surface area is 182 Å². The largest absolute Gasteiger partial charge is 0.496 e. The minimum atomic E-state index is -0.372. The van der Waals surface area contributed by atoms with Crippen LogP contribution < -0.4 is 10.4 Å².